The molecule has 0 saturated carbocycles. The Kier molecular flexibility index (Phi) is 13.2. The van der Waals surface area contributed by atoms with Crippen LogP contribution in [0.25, 0.3) is 27.2 Å². The molecule has 58 heavy (non-hydrogen) atoms. The van der Waals surface area contributed by atoms with Crippen LogP contribution in [0.5, 0.6) is 5.75 Å². The van der Waals surface area contributed by atoms with Gasteiger partial charge in [0.2, 0.25) is 0 Å². The van der Waals surface area contributed by atoms with Gasteiger partial charge in [-0.25, -0.2) is 14.8 Å². The summed E-state index contributed by atoms with van der Waals surface area (Å²) in [5, 5.41) is 1.60. The Morgan fingerprint density at radius 1 is 0.759 bits per heavy atom. The molecule has 0 aliphatic heterocycles. The van der Waals surface area contributed by atoms with E-state index in [0.717, 1.165) is 56.2 Å². The predicted octanol–water partition coefficient (Wildman–Crippen LogP) is 12.7. The molecule has 0 fully saturated rings. The second kappa shape index (κ2) is 17.9. The third kappa shape index (κ3) is 10.9. The van der Waals surface area contributed by atoms with Crippen LogP contribution in [0.2, 0.25) is 5.02 Å². The fourth-order valence-corrected chi connectivity index (χ4v) is 8.95. The Labute approximate surface area is 346 Å². The van der Waals surface area contributed by atoms with E-state index in [2.05, 4.69) is 9.97 Å². The summed E-state index contributed by atoms with van der Waals surface area (Å²) in [6, 6.07) is 20.1. The van der Waals surface area contributed by atoms with Gasteiger partial charge in [0.05, 0.1) is 38.8 Å². The average molecular weight is 873 g/mol. The number of halogens is 7. The second-order valence-electron chi connectivity index (χ2n) is 12.9. The third-order valence-corrected chi connectivity index (χ3v) is 12.7. The number of nitrogens with zero attached hydrogens (tertiary/aromatic N) is 2. The molecule has 0 radical (unpaired) electrons. The van der Waals surface area contributed by atoms with Gasteiger partial charge in [0.15, 0.2) is 0 Å². The molecule has 0 aliphatic rings. The molecular weight excluding hydrogens is 842 g/mol. The maximum Gasteiger partial charge on any atom is 0.416 e. The molecule has 0 saturated heterocycles. The number of thiazole rings is 2. The molecule has 0 spiro atoms. The Hall–Kier alpha value is -4.96. The molecule has 2 aromatic heterocycles. The molecule has 2 heterocycles. The van der Waals surface area contributed by atoms with Crippen LogP contribution in [0.15, 0.2) is 95.9 Å². The maximum absolute atomic E-state index is 12.9. The van der Waals surface area contributed by atoms with Crippen molar-refractivity contribution in [2.45, 2.75) is 56.8 Å². The first-order valence-electron chi connectivity index (χ1n) is 17.3. The van der Waals surface area contributed by atoms with E-state index >= 15 is 0 Å². The van der Waals surface area contributed by atoms with Gasteiger partial charge in [-0.05, 0) is 92.1 Å². The van der Waals surface area contributed by atoms with Gasteiger partial charge in [-0.15, -0.1) is 34.4 Å². The minimum absolute atomic E-state index is 0.190. The van der Waals surface area contributed by atoms with Crippen molar-refractivity contribution < 1.29 is 45.4 Å². The minimum Gasteiger partial charge on any atom is -0.488 e. The van der Waals surface area contributed by atoms with Gasteiger partial charge in [-0.2, -0.15) is 26.3 Å². The van der Waals surface area contributed by atoms with E-state index in [0.29, 0.717) is 54.5 Å². The maximum atomic E-state index is 12.9. The third-order valence-electron chi connectivity index (χ3n) is 8.63. The lowest BCUT2D eigenvalue weighted by Gasteiger charge is -2.08. The van der Waals surface area contributed by atoms with Crippen LogP contribution in [-0.2, 0) is 45.5 Å². The smallest absolute Gasteiger partial charge is 0.416 e. The van der Waals surface area contributed by atoms with E-state index in [4.69, 9.17) is 21.1 Å². The van der Waals surface area contributed by atoms with Gasteiger partial charge in [0.25, 0.3) is 0 Å². The fraction of sp³-hybridized carbons (Fsp3) is 0.190. The number of hydrogen-bond donors (Lipinski definition) is 0. The summed E-state index contributed by atoms with van der Waals surface area (Å²) in [5.74, 6) is -0.527. The number of hydrogen-bond acceptors (Lipinski definition) is 9. The van der Waals surface area contributed by atoms with Crippen LogP contribution < -0.4 is 4.74 Å². The number of carbonyl (C=O) groups is 2. The highest BCUT2D eigenvalue weighted by Gasteiger charge is 2.31. The summed E-state index contributed by atoms with van der Waals surface area (Å²) in [5.41, 5.74) is 3.23. The lowest BCUT2D eigenvalue weighted by atomic mass is 10.1. The number of aromatic nitrogens is 2. The number of alkyl halides is 6. The summed E-state index contributed by atoms with van der Waals surface area (Å²) in [6.07, 6.45) is -6.34. The molecule has 16 heteroatoms. The van der Waals surface area contributed by atoms with Gasteiger partial charge in [0.1, 0.15) is 22.4 Å². The Morgan fingerprint density at radius 3 is 1.88 bits per heavy atom. The van der Waals surface area contributed by atoms with Gasteiger partial charge >= 0.3 is 24.3 Å². The molecule has 6 aromatic rings. The summed E-state index contributed by atoms with van der Waals surface area (Å²) in [6.45, 7) is 5.67. The zero-order chi connectivity index (χ0) is 41.8. The van der Waals surface area contributed by atoms with Crippen molar-refractivity contribution in [3.05, 3.63) is 145 Å². The highest BCUT2D eigenvalue weighted by molar-refractivity contribution is 7.98. The molecular formula is C42H31ClF6N2O4S3. The second-order valence-corrected chi connectivity index (χ2v) is 16.5. The first kappa shape index (κ1) is 42.6. The summed E-state index contributed by atoms with van der Waals surface area (Å²) in [4.78, 5) is 36.6. The Morgan fingerprint density at radius 2 is 1.33 bits per heavy atom. The Balaban J connectivity index is 0.970. The van der Waals surface area contributed by atoms with Crippen molar-refractivity contribution in [3.63, 3.8) is 0 Å². The molecule has 0 atom stereocenters. The van der Waals surface area contributed by atoms with Crippen molar-refractivity contribution in [3.8, 4) is 26.9 Å². The number of aryl methyl sites for hydroxylation is 3. The molecule has 0 N–H and O–H groups in total. The first-order chi connectivity index (χ1) is 27.4. The van der Waals surface area contributed by atoms with Crippen molar-refractivity contribution >= 4 is 64.1 Å². The monoisotopic (exact) mass is 872 g/mol. The van der Waals surface area contributed by atoms with E-state index in [1.165, 1.54) is 64.8 Å². The largest absolute Gasteiger partial charge is 0.488 e. The van der Waals surface area contributed by atoms with E-state index in [1.807, 2.05) is 13.8 Å². The average Bonchev–Trinajstić information content (AvgIpc) is 3.73. The lowest BCUT2D eigenvalue weighted by Crippen LogP contribution is -2.12. The van der Waals surface area contributed by atoms with Crippen LogP contribution in [0.4, 0.5) is 26.3 Å². The van der Waals surface area contributed by atoms with Crippen molar-refractivity contribution in [1.82, 2.24) is 9.97 Å². The molecule has 6 nitrogen and oxygen atoms in total. The molecule has 6 rings (SSSR count). The topological polar surface area (TPSA) is 78.4 Å². The highest BCUT2D eigenvalue weighted by atomic mass is 35.5. The highest BCUT2D eigenvalue weighted by Crippen LogP contribution is 2.37. The van der Waals surface area contributed by atoms with Crippen LogP contribution in [0, 0.1) is 20.8 Å². The predicted molar refractivity (Wildman–Crippen MR) is 215 cm³/mol. The van der Waals surface area contributed by atoms with Crippen molar-refractivity contribution in [2.24, 2.45) is 0 Å². The number of benzene rings is 4. The number of rotatable bonds is 12. The van der Waals surface area contributed by atoms with E-state index in [9.17, 15) is 35.9 Å². The van der Waals surface area contributed by atoms with E-state index < -0.39 is 35.4 Å². The zero-order valence-corrected chi connectivity index (χ0v) is 34.0. The zero-order valence-electron chi connectivity index (χ0n) is 30.8. The number of carbonyl (C=O) groups excluding carboxylic acids is 2. The van der Waals surface area contributed by atoms with Gasteiger partial charge < -0.3 is 9.47 Å². The summed E-state index contributed by atoms with van der Waals surface area (Å²) in [7, 11) is 0. The van der Waals surface area contributed by atoms with Crippen molar-refractivity contribution in [1.29, 1.82) is 0 Å². The number of ether oxygens (including phenoxy) is 2. The molecule has 0 aliphatic carbocycles. The first-order valence-corrected chi connectivity index (χ1v) is 20.3. The molecule has 4 aromatic carbocycles. The number of esters is 2. The molecule has 0 unspecified atom stereocenters. The van der Waals surface area contributed by atoms with E-state index in [1.54, 1.807) is 43.3 Å². The summed E-state index contributed by atoms with van der Waals surface area (Å²) >= 11 is 10.7. The van der Waals surface area contributed by atoms with E-state index in [-0.39, 0.29) is 13.0 Å². The van der Waals surface area contributed by atoms with Gasteiger partial charge in [-0.3, -0.25) is 4.79 Å². The fourth-order valence-electron chi connectivity index (χ4n) is 5.47. The molecule has 0 amide bonds. The SMILES string of the molecule is Cc1cc(OCc2sc(-c3ccc(C(F)(F)F)cc3)nc2C)ccc1/C=C/C(=O)OC(=O)Cc1ccc(SCc2sc(-c3ccc(C(F)(F)F)cc3)nc2C)c(Cl)c1. The Bertz CT molecular complexity index is 2480. The van der Waals surface area contributed by atoms with Crippen LogP contribution >= 0.6 is 46.0 Å². The van der Waals surface area contributed by atoms with Crippen LogP contribution in [0.3, 0.4) is 0 Å². The normalized spacial score (nSPS) is 12.0. The van der Waals surface area contributed by atoms with Crippen LogP contribution in [-0.4, -0.2) is 21.9 Å². The number of thioether (sulfide) groups is 1. The molecule has 0 bridgehead atoms. The molecule has 300 valence electrons. The van der Waals surface area contributed by atoms with Gasteiger partial charge in [-0.1, -0.05) is 48.0 Å². The summed E-state index contributed by atoms with van der Waals surface area (Å²) < 4.78 is 88.6. The minimum atomic E-state index is -4.42. The van der Waals surface area contributed by atoms with Crippen molar-refractivity contribution in [2.75, 3.05) is 0 Å². The van der Waals surface area contributed by atoms with Gasteiger partial charge in [0, 0.05) is 32.7 Å². The quantitative estimate of drug-likeness (QED) is 0.0398. The standard InChI is InChI=1S/C42H31ClF6N2O4S3/c1-23-18-32(54-21-35-24(2)50-39(57-35)28-5-11-30(12-6-28)41(44,45)46)15-9-27(23)10-17-37(52)55-38(53)20-26-4-16-34(33(43)19-26)56-22-36-25(3)51-40(58-36)29-7-13-31(14-8-29)42(47,48)49/h4-19H,20-22H2,1-3H3/b17-10+. The lowest BCUT2D eigenvalue weighted by molar-refractivity contribution is -0.155. The van der Waals surface area contributed by atoms with Crippen LogP contribution in [0.1, 0.15) is 49.0 Å².